The number of aromatic nitrogens is 1. The molecular formula is C11H11F4NO4. The van der Waals surface area contributed by atoms with E-state index in [1.165, 1.54) is 6.92 Å². The number of esters is 1. The van der Waals surface area contributed by atoms with Crippen molar-refractivity contribution in [3.05, 3.63) is 17.5 Å². The van der Waals surface area contributed by atoms with Gasteiger partial charge in [0.2, 0.25) is 0 Å². The van der Waals surface area contributed by atoms with Gasteiger partial charge < -0.3 is 14.2 Å². The maximum Gasteiger partial charge on any atom is 0.573 e. The van der Waals surface area contributed by atoms with Crippen LogP contribution in [0.15, 0.2) is 6.20 Å². The quantitative estimate of drug-likeness (QED) is 0.617. The monoisotopic (exact) mass is 297 g/mol. The zero-order valence-corrected chi connectivity index (χ0v) is 10.6. The molecule has 0 aromatic carbocycles. The van der Waals surface area contributed by atoms with Crippen molar-refractivity contribution in [3.8, 4) is 11.5 Å². The summed E-state index contributed by atoms with van der Waals surface area (Å²) in [4.78, 5) is 15.1. The summed E-state index contributed by atoms with van der Waals surface area (Å²) >= 11 is 0. The third kappa shape index (κ3) is 3.72. The second-order valence-corrected chi connectivity index (χ2v) is 3.38. The van der Waals surface area contributed by atoms with Crippen LogP contribution in [0, 0.1) is 0 Å². The summed E-state index contributed by atoms with van der Waals surface area (Å²) in [5.74, 6) is -2.65. The third-order valence-corrected chi connectivity index (χ3v) is 2.11. The number of carbonyl (C=O) groups is 1. The smallest absolute Gasteiger partial charge is 0.491 e. The van der Waals surface area contributed by atoms with Gasteiger partial charge in [-0.05, 0) is 6.92 Å². The molecule has 112 valence electrons. The Morgan fingerprint density at radius 3 is 2.45 bits per heavy atom. The van der Waals surface area contributed by atoms with Gasteiger partial charge in [0.15, 0.2) is 11.5 Å². The zero-order chi connectivity index (χ0) is 15.3. The van der Waals surface area contributed by atoms with Crippen molar-refractivity contribution >= 4 is 5.97 Å². The van der Waals surface area contributed by atoms with E-state index in [-0.39, 0.29) is 6.61 Å². The molecule has 0 N–H and O–H groups in total. The van der Waals surface area contributed by atoms with E-state index >= 15 is 0 Å². The van der Waals surface area contributed by atoms with Crippen LogP contribution in [0.25, 0.3) is 0 Å². The van der Waals surface area contributed by atoms with Crippen LogP contribution in [0.2, 0.25) is 0 Å². The van der Waals surface area contributed by atoms with Gasteiger partial charge in [0, 0.05) is 6.20 Å². The number of hydrogen-bond donors (Lipinski definition) is 0. The summed E-state index contributed by atoms with van der Waals surface area (Å²) in [5, 5.41) is 0. The number of carbonyl (C=O) groups excluding carboxylic acids is 1. The minimum atomic E-state index is -5.08. The van der Waals surface area contributed by atoms with Gasteiger partial charge in [-0.3, -0.25) is 4.98 Å². The number of alkyl halides is 4. The van der Waals surface area contributed by atoms with E-state index in [0.717, 1.165) is 13.3 Å². The van der Waals surface area contributed by atoms with Gasteiger partial charge in [-0.2, -0.15) is 0 Å². The molecule has 1 heterocycles. The molecular weight excluding hydrogens is 286 g/mol. The van der Waals surface area contributed by atoms with Crippen LogP contribution in [0.4, 0.5) is 17.6 Å². The molecule has 0 atom stereocenters. The SMILES string of the molecule is CCOC(=O)c1cnc(CF)c(OC)c1OC(F)(F)F. The Bertz CT molecular complexity index is 490. The molecule has 0 aliphatic heterocycles. The summed E-state index contributed by atoms with van der Waals surface area (Å²) in [6.07, 6.45) is -4.33. The number of methoxy groups -OCH3 is 1. The van der Waals surface area contributed by atoms with E-state index in [2.05, 4.69) is 19.2 Å². The van der Waals surface area contributed by atoms with Crippen molar-refractivity contribution in [1.82, 2.24) is 4.98 Å². The maximum absolute atomic E-state index is 12.7. The van der Waals surface area contributed by atoms with Crippen molar-refractivity contribution in [3.63, 3.8) is 0 Å². The Hall–Kier alpha value is -2.06. The van der Waals surface area contributed by atoms with E-state index in [1.54, 1.807) is 0 Å². The Labute approximate surface area is 111 Å². The summed E-state index contributed by atoms with van der Waals surface area (Å²) in [7, 11) is 1.01. The number of ether oxygens (including phenoxy) is 3. The van der Waals surface area contributed by atoms with Crippen molar-refractivity contribution < 1.29 is 36.6 Å². The maximum atomic E-state index is 12.7. The van der Waals surface area contributed by atoms with E-state index < -0.39 is 41.8 Å². The molecule has 0 saturated carbocycles. The molecule has 0 fully saturated rings. The van der Waals surface area contributed by atoms with E-state index in [9.17, 15) is 22.4 Å². The van der Waals surface area contributed by atoms with Crippen molar-refractivity contribution in [2.24, 2.45) is 0 Å². The van der Waals surface area contributed by atoms with Gasteiger partial charge in [-0.1, -0.05) is 0 Å². The molecule has 0 unspecified atom stereocenters. The lowest BCUT2D eigenvalue weighted by Crippen LogP contribution is -2.21. The second kappa shape index (κ2) is 6.40. The largest absolute Gasteiger partial charge is 0.573 e. The Morgan fingerprint density at radius 1 is 1.35 bits per heavy atom. The fraction of sp³-hybridized carbons (Fsp3) is 0.455. The molecule has 1 aromatic rings. The summed E-state index contributed by atoms with van der Waals surface area (Å²) in [5.41, 5.74) is -1.02. The number of halogens is 4. The van der Waals surface area contributed by atoms with Crippen LogP contribution >= 0.6 is 0 Å². The lowest BCUT2D eigenvalue weighted by molar-refractivity contribution is -0.275. The van der Waals surface area contributed by atoms with E-state index in [1.807, 2.05) is 0 Å². The first-order valence-corrected chi connectivity index (χ1v) is 5.38. The number of nitrogens with zero attached hydrogens (tertiary/aromatic N) is 1. The molecule has 0 amide bonds. The third-order valence-electron chi connectivity index (χ3n) is 2.11. The molecule has 5 nitrogen and oxygen atoms in total. The topological polar surface area (TPSA) is 57.7 Å². The highest BCUT2D eigenvalue weighted by atomic mass is 19.4. The van der Waals surface area contributed by atoms with Crippen LogP contribution in [0.5, 0.6) is 11.5 Å². The lowest BCUT2D eigenvalue weighted by Gasteiger charge is -2.16. The molecule has 0 radical (unpaired) electrons. The number of pyridine rings is 1. The zero-order valence-electron chi connectivity index (χ0n) is 10.6. The second-order valence-electron chi connectivity index (χ2n) is 3.38. The van der Waals surface area contributed by atoms with Gasteiger partial charge in [0.05, 0.1) is 13.7 Å². The average Bonchev–Trinajstić information content (AvgIpc) is 2.36. The molecule has 1 aromatic heterocycles. The van der Waals surface area contributed by atoms with Gasteiger partial charge in [-0.15, -0.1) is 13.2 Å². The van der Waals surface area contributed by atoms with E-state index in [0.29, 0.717) is 0 Å². The van der Waals surface area contributed by atoms with Crippen LogP contribution in [-0.2, 0) is 11.4 Å². The van der Waals surface area contributed by atoms with Gasteiger partial charge in [0.25, 0.3) is 0 Å². The van der Waals surface area contributed by atoms with Crippen molar-refractivity contribution in [1.29, 1.82) is 0 Å². The fourth-order valence-corrected chi connectivity index (χ4v) is 1.39. The Kier molecular flexibility index (Phi) is 5.12. The molecule has 20 heavy (non-hydrogen) atoms. The highest BCUT2D eigenvalue weighted by Crippen LogP contribution is 2.38. The number of rotatable bonds is 5. The minimum Gasteiger partial charge on any atom is -0.491 e. The van der Waals surface area contributed by atoms with Gasteiger partial charge in [-0.25, -0.2) is 9.18 Å². The highest BCUT2D eigenvalue weighted by Gasteiger charge is 2.36. The van der Waals surface area contributed by atoms with Gasteiger partial charge in [0.1, 0.15) is 17.9 Å². The first-order chi connectivity index (χ1) is 9.34. The standard InChI is InChI=1S/C11H11F4NO4/c1-3-19-10(17)6-5-16-7(4-12)9(18-2)8(6)20-11(13,14)15/h5H,3-4H2,1-2H3. The summed E-state index contributed by atoms with van der Waals surface area (Å²) < 4.78 is 62.8. The normalized spacial score (nSPS) is 11.1. The Balaban J connectivity index is 3.39. The summed E-state index contributed by atoms with van der Waals surface area (Å²) in [6, 6.07) is 0. The average molecular weight is 297 g/mol. The predicted octanol–water partition coefficient (Wildman–Crippen LogP) is 2.64. The first-order valence-electron chi connectivity index (χ1n) is 5.38. The van der Waals surface area contributed by atoms with Crippen LogP contribution in [0.1, 0.15) is 23.0 Å². The van der Waals surface area contributed by atoms with Crippen LogP contribution < -0.4 is 9.47 Å². The predicted molar refractivity (Wildman–Crippen MR) is 58.2 cm³/mol. The van der Waals surface area contributed by atoms with Crippen molar-refractivity contribution in [2.45, 2.75) is 20.0 Å². The lowest BCUT2D eigenvalue weighted by atomic mass is 10.2. The molecule has 0 saturated heterocycles. The molecule has 0 spiro atoms. The fourth-order valence-electron chi connectivity index (χ4n) is 1.39. The Morgan fingerprint density at radius 2 is 2.00 bits per heavy atom. The molecule has 1 rings (SSSR count). The van der Waals surface area contributed by atoms with Crippen LogP contribution in [-0.4, -0.2) is 31.0 Å². The minimum absolute atomic E-state index is 0.0581. The van der Waals surface area contributed by atoms with Crippen molar-refractivity contribution in [2.75, 3.05) is 13.7 Å². The molecule has 0 aliphatic carbocycles. The molecule has 0 aliphatic rings. The molecule has 0 bridgehead atoms. The number of hydrogen-bond acceptors (Lipinski definition) is 5. The van der Waals surface area contributed by atoms with E-state index in [4.69, 9.17) is 0 Å². The molecule has 9 heteroatoms. The van der Waals surface area contributed by atoms with Crippen LogP contribution in [0.3, 0.4) is 0 Å². The summed E-state index contributed by atoms with van der Waals surface area (Å²) in [6.45, 7) is 0.237. The van der Waals surface area contributed by atoms with Gasteiger partial charge >= 0.3 is 12.3 Å². The first kappa shape index (κ1) is 16.0. The highest BCUT2D eigenvalue weighted by molar-refractivity contribution is 5.93.